The van der Waals surface area contributed by atoms with Gasteiger partial charge in [-0.2, -0.15) is 0 Å². The summed E-state index contributed by atoms with van der Waals surface area (Å²) in [5, 5.41) is 11.5. The van der Waals surface area contributed by atoms with Crippen LogP contribution in [0.3, 0.4) is 0 Å². The summed E-state index contributed by atoms with van der Waals surface area (Å²) >= 11 is 0. The van der Waals surface area contributed by atoms with E-state index >= 15 is 0 Å². The van der Waals surface area contributed by atoms with E-state index in [1.165, 1.54) is 104 Å². The lowest BCUT2D eigenvalue weighted by Crippen LogP contribution is -2.32. The minimum atomic E-state index is -1.80. The Hall–Kier alpha value is -2.07. The lowest BCUT2D eigenvalue weighted by Gasteiger charge is -2.38. The van der Waals surface area contributed by atoms with Crippen LogP contribution in [0.5, 0.6) is 0 Å². The molecule has 0 saturated carbocycles. The van der Waals surface area contributed by atoms with Gasteiger partial charge in [-0.1, -0.05) is 103 Å². The van der Waals surface area contributed by atoms with Crippen molar-refractivity contribution in [2.75, 3.05) is 24.9 Å². The molecule has 10 heteroatoms. The second-order valence-electron chi connectivity index (χ2n) is 12.1. The number of carbonyl (C=O) groups is 4. The van der Waals surface area contributed by atoms with E-state index in [-0.39, 0.29) is 24.5 Å². The standard InChI is InChI=1S/C34H62O9S/c1-8-9-10-11-12-13-14-15-16-17-18-19-20-21-22-23-26-44(6,7)34(39)33(43-30(5)38)32(42-29(4)37)31(41-28(3)36)24-25-40-27(2)35/h31,34,39H,8-26H2,1-7H3. The van der Waals surface area contributed by atoms with Gasteiger partial charge in [0.25, 0.3) is 0 Å². The van der Waals surface area contributed by atoms with E-state index in [0.29, 0.717) is 5.75 Å². The summed E-state index contributed by atoms with van der Waals surface area (Å²) in [6.45, 7) is 6.86. The van der Waals surface area contributed by atoms with Crippen LogP contribution in [0.25, 0.3) is 0 Å². The fourth-order valence-corrected chi connectivity index (χ4v) is 6.90. The first kappa shape index (κ1) is 41.9. The first-order valence-corrected chi connectivity index (χ1v) is 19.3. The fraction of sp³-hybridized carbons (Fsp3) is 0.824. The average molecular weight is 647 g/mol. The van der Waals surface area contributed by atoms with Gasteiger partial charge in [0.15, 0.2) is 17.6 Å². The number of esters is 4. The van der Waals surface area contributed by atoms with Crippen molar-refractivity contribution in [1.29, 1.82) is 0 Å². The number of carbonyl (C=O) groups excluding carboxylic acids is 4. The van der Waals surface area contributed by atoms with Gasteiger partial charge in [0.1, 0.15) is 5.44 Å². The Morgan fingerprint density at radius 2 is 1.00 bits per heavy atom. The van der Waals surface area contributed by atoms with Crippen LogP contribution >= 0.6 is 10.0 Å². The molecule has 0 bridgehead atoms. The normalized spacial score (nSPS) is 13.8. The van der Waals surface area contributed by atoms with E-state index in [4.69, 9.17) is 18.9 Å². The molecule has 0 aliphatic rings. The van der Waals surface area contributed by atoms with Crippen LogP contribution < -0.4 is 0 Å². The highest BCUT2D eigenvalue weighted by molar-refractivity contribution is 8.33. The van der Waals surface area contributed by atoms with Crippen molar-refractivity contribution in [2.24, 2.45) is 0 Å². The molecule has 0 fully saturated rings. The summed E-state index contributed by atoms with van der Waals surface area (Å²) in [4.78, 5) is 47.2. The van der Waals surface area contributed by atoms with Crippen LogP contribution in [0.1, 0.15) is 144 Å². The number of unbranched alkanes of at least 4 members (excludes halogenated alkanes) is 15. The SMILES string of the molecule is CCCCCCCCCCCCCCCCCCS(C)(C)C(O)C(OC(C)=O)=C(OC(C)=O)C(CCOC(C)=O)OC(C)=O. The molecular formula is C34H62O9S. The number of aliphatic hydroxyl groups is 1. The summed E-state index contributed by atoms with van der Waals surface area (Å²) in [5.41, 5.74) is -1.26. The second-order valence-corrected chi connectivity index (χ2v) is 16.2. The van der Waals surface area contributed by atoms with Crippen LogP contribution in [-0.2, 0) is 38.1 Å². The molecule has 0 rings (SSSR count). The first-order chi connectivity index (χ1) is 20.8. The number of ether oxygens (including phenoxy) is 4. The van der Waals surface area contributed by atoms with Crippen LogP contribution in [0, 0.1) is 0 Å². The van der Waals surface area contributed by atoms with Crippen LogP contribution in [0.4, 0.5) is 0 Å². The summed E-state index contributed by atoms with van der Waals surface area (Å²) < 4.78 is 21.1. The van der Waals surface area contributed by atoms with Gasteiger partial charge in [0, 0.05) is 34.1 Å². The molecule has 9 nitrogen and oxygen atoms in total. The van der Waals surface area contributed by atoms with Crippen molar-refractivity contribution in [3.8, 4) is 0 Å². The largest absolute Gasteiger partial charge is 0.466 e. The monoisotopic (exact) mass is 646 g/mol. The number of aliphatic hydroxyl groups excluding tert-OH is 1. The van der Waals surface area contributed by atoms with Crippen LogP contribution in [-0.4, -0.2) is 65.4 Å². The highest BCUT2D eigenvalue weighted by Gasteiger charge is 2.36. The maximum atomic E-state index is 12.1. The Bertz CT molecular complexity index is 869. The first-order valence-electron chi connectivity index (χ1n) is 16.6. The molecule has 0 amide bonds. The average Bonchev–Trinajstić information content (AvgIpc) is 2.93. The zero-order chi connectivity index (χ0) is 33.4. The third kappa shape index (κ3) is 21.6. The van der Waals surface area contributed by atoms with Gasteiger partial charge in [-0.05, 0) is 24.7 Å². The molecule has 0 saturated heterocycles. The highest BCUT2D eigenvalue weighted by atomic mass is 32.3. The molecule has 0 heterocycles. The third-order valence-corrected chi connectivity index (χ3v) is 10.2. The van der Waals surface area contributed by atoms with Gasteiger partial charge in [-0.3, -0.25) is 19.2 Å². The van der Waals surface area contributed by atoms with Crippen molar-refractivity contribution in [3.63, 3.8) is 0 Å². The Kier molecular flexibility index (Phi) is 24.0. The molecule has 0 aromatic rings. The summed E-state index contributed by atoms with van der Waals surface area (Å²) in [5.74, 6) is -2.49. The predicted octanol–water partition coefficient (Wildman–Crippen LogP) is 7.85. The van der Waals surface area contributed by atoms with E-state index < -0.39 is 45.4 Å². The molecule has 2 unspecified atom stereocenters. The van der Waals surface area contributed by atoms with Crippen molar-refractivity contribution < 1.29 is 43.2 Å². The number of hydrogen-bond acceptors (Lipinski definition) is 9. The van der Waals surface area contributed by atoms with Crippen molar-refractivity contribution in [1.82, 2.24) is 0 Å². The maximum Gasteiger partial charge on any atom is 0.307 e. The number of hydrogen-bond donors (Lipinski definition) is 1. The van der Waals surface area contributed by atoms with Crippen molar-refractivity contribution in [3.05, 3.63) is 11.5 Å². The summed E-state index contributed by atoms with van der Waals surface area (Å²) in [6.07, 6.45) is 22.9. The highest BCUT2D eigenvalue weighted by Crippen LogP contribution is 2.49. The van der Waals surface area contributed by atoms with E-state index in [9.17, 15) is 24.3 Å². The van der Waals surface area contributed by atoms with Gasteiger partial charge in [0.2, 0.25) is 0 Å². The predicted molar refractivity (Wildman–Crippen MR) is 177 cm³/mol. The Morgan fingerprint density at radius 3 is 1.39 bits per heavy atom. The molecule has 2 atom stereocenters. The van der Waals surface area contributed by atoms with Crippen LogP contribution in [0.2, 0.25) is 0 Å². The van der Waals surface area contributed by atoms with Gasteiger partial charge in [0.05, 0.1) is 6.61 Å². The smallest absolute Gasteiger partial charge is 0.307 e. The topological polar surface area (TPSA) is 125 Å². The maximum absolute atomic E-state index is 12.1. The van der Waals surface area contributed by atoms with E-state index in [1.54, 1.807) is 0 Å². The Morgan fingerprint density at radius 1 is 0.591 bits per heavy atom. The summed E-state index contributed by atoms with van der Waals surface area (Å²) in [7, 11) is -1.80. The zero-order valence-corrected chi connectivity index (χ0v) is 29.5. The molecule has 0 aliphatic heterocycles. The second kappa shape index (κ2) is 25.2. The molecule has 0 spiro atoms. The number of rotatable bonds is 26. The van der Waals surface area contributed by atoms with E-state index in [2.05, 4.69) is 6.92 Å². The zero-order valence-electron chi connectivity index (χ0n) is 28.7. The molecule has 258 valence electrons. The molecule has 0 aliphatic carbocycles. The van der Waals surface area contributed by atoms with Crippen molar-refractivity contribution in [2.45, 2.75) is 155 Å². The third-order valence-electron chi connectivity index (χ3n) is 7.39. The molecular weight excluding hydrogens is 584 g/mol. The minimum Gasteiger partial charge on any atom is -0.466 e. The molecule has 1 N–H and O–H groups in total. The summed E-state index contributed by atoms with van der Waals surface area (Å²) in [6, 6.07) is 0. The fourth-order valence-electron chi connectivity index (χ4n) is 4.98. The van der Waals surface area contributed by atoms with Gasteiger partial charge in [-0.15, -0.1) is 0 Å². The lowest BCUT2D eigenvalue weighted by molar-refractivity contribution is -0.153. The molecule has 0 aromatic carbocycles. The Labute approximate surface area is 268 Å². The quantitative estimate of drug-likeness (QED) is 0.0433. The molecule has 0 radical (unpaired) electrons. The Balaban J connectivity index is 4.99. The minimum absolute atomic E-state index is 0.0614. The van der Waals surface area contributed by atoms with Crippen molar-refractivity contribution >= 4 is 33.9 Å². The molecule has 44 heavy (non-hydrogen) atoms. The lowest BCUT2D eigenvalue weighted by atomic mass is 10.0. The van der Waals surface area contributed by atoms with Gasteiger partial charge < -0.3 is 24.1 Å². The van der Waals surface area contributed by atoms with E-state index in [1.807, 2.05) is 12.5 Å². The van der Waals surface area contributed by atoms with E-state index in [0.717, 1.165) is 26.2 Å². The molecule has 0 aromatic heterocycles. The van der Waals surface area contributed by atoms with Gasteiger partial charge >= 0.3 is 23.9 Å². The van der Waals surface area contributed by atoms with Crippen LogP contribution in [0.15, 0.2) is 11.5 Å². The van der Waals surface area contributed by atoms with Gasteiger partial charge in [-0.25, -0.2) is 10.0 Å².